The molecule has 0 atom stereocenters. The van der Waals surface area contributed by atoms with E-state index < -0.39 is 0 Å². The van der Waals surface area contributed by atoms with Crippen molar-refractivity contribution in [2.75, 3.05) is 39.1 Å². The maximum absolute atomic E-state index is 4.66. The van der Waals surface area contributed by atoms with Gasteiger partial charge < -0.3 is 15.1 Å². The molecule has 1 aromatic heterocycles. The maximum atomic E-state index is 4.66. The lowest BCUT2D eigenvalue weighted by atomic mass is 10.0. The Bertz CT molecular complexity index is 344. The predicted octanol–water partition coefficient (Wildman–Crippen LogP) is 1.39. The summed E-state index contributed by atoms with van der Waals surface area (Å²) in [6, 6.07) is 0.653. The number of likely N-dealkylation sites (tertiary alicyclic amines) is 1. The van der Waals surface area contributed by atoms with Gasteiger partial charge in [0, 0.05) is 25.0 Å². The molecule has 96 valence electrons. The van der Waals surface area contributed by atoms with Crippen LogP contribution in [0.5, 0.6) is 0 Å². The van der Waals surface area contributed by atoms with Crippen LogP contribution in [0, 0.1) is 0 Å². The molecule has 4 nitrogen and oxygen atoms in total. The van der Waals surface area contributed by atoms with Gasteiger partial charge in [-0.05, 0) is 40.0 Å². The Morgan fingerprint density at radius 2 is 2.24 bits per heavy atom. The van der Waals surface area contributed by atoms with E-state index in [0.717, 1.165) is 17.4 Å². The zero-order valence-electron chi connectivity index (χ0n) is 10.9. The fourth-order valence-electron chi connectivity index (χ4n) is 2.26. The Morgan fingerprint density at radius 1 is 1.53 bits per heavy atom. The van der Waals surface area contributed by atoms with Crippen LogP contribution in [0.1, 0.15) is 18.5 Å². The smallest absolute Gasteiger partial charge is 0.185 e. The van der Waals surface area contributed by atoms with Crippen molar-refractivity contribution in [2.24, 2.45) is 0 Å². The van der Waals surface area contributed by atoms with Gasteiger partial charge in [-0.3, -0.25) is 0 Å². The highest BCUT2D eigenvalue weighted by molar-refractivity contribution is 7.13. The molecule has 1 fully saturated rings. The molecule has 0 saturated carbocycles. The Labute approximate surface area is 108 Å². The summed E-state index contributed by atoms with van der Waals surface area (Å²) in [5, 5.41) is 6.45. The zero-order chi connectivity index (χ0) is 12.3. The number of hydrogen-bond acceptors (Lipinski definition) is 5. The third-order valence-corrected chi connectivity index (χ3v) is 4.42. The van der Waals surface area contributed by atoms with Crippen molar-refractivity contribution >= 4 is 16.5 Å². The molecule has 0 aliphatic carbocycles. The first-order valence-electron chi connectivity index (χ1n) is 6.21. The summed E-state index contributed by atoms with van der Waals surface area (Å²) >= 11 is 1.75. The number of thiazole rings is 1. The summed E-state index contributed by atoms with van der Waals surface area (Å²) in [7, 11) is 6.34. The molecule has 5 heteroatoms. The second-order valence-electron chi connectivity index (χ2n) is 4.80. The van der Waals surface area contributed by atoms with Gasteiger partial charge in [0.15, 0.2) is 5.13 Å². The van der Waals surface area contributed by atoms with Gasteiger partial charge in [0.05, 0.1) is 5.69 Å². The van der Waals surface area contributed by atoms with Crippen molar-refractivity contribution in [3.63, 3.8) is 0 Å². The maximum Gasteiger partial charge on any atom is 0.185 e. The first-order chi connectivity index (χ1) is 8.20. The highest BCUT2D eigenvalue weighted by atomic mass is 32.1. The van der Waals surface area contributed by atoms with Crippen molar-refractivity contribution in [2.45, 2.75) is 25.4 Å². The van der Waals surface area contributed by atoms with Gasteiger partial charge in [0.2, 0.25) is 0 Å². The van der Waals surface area contributed by atoms with Crippen molar-refractivity contribution in [3.05, 3.63) is 11.1 Å². The number of anilines is 1. The van der Waals surface area contributed by atoms with Crippen LogP contribution in [0.3, 0.4) is 0 Å². The highest BCUT2D eigenvalue weighted by Gasteiger charge is 2.22. The van der Waals surface area contributed by atoms with E-state index in [1.54, 1.807) is 11.3 Å². The number of piperidine rings is 1. The van der Waals surface area contributed by atoms with E-state index in [-0.39, 0.29) is 0 Å². The van der Waals surface area contributed by atoms with Gasteiger partial charge in [0.25, 0.3) is 0 Å². The number of hydrogen-bond donors (Lipinski definition) is 1. The van der Waals surface area contributed by atoms with Gasteiger partial charge in [0.1, 0.15) is 0 Å². The molecule has 1 N–H and O–H groups in total. The van der Waals surface area contributed by atoms with E-state index >= 15 is 0 Å². The average Bonchev–Trinajstić information content (AvgIpc) is 2.78. The molecule has 1 aliphatic heterocycles. The number of nitrogens with zero attached hydrogens (tertiary/aromatic N) is 3. The number of nitrogens with one attached hydrogen (secondary N) is 1. The number of rotatable bonds is 4. The van der Waals surface area contributed by atoms with Crippen molar-refractivity contribution < 1.29 is 0 Å². The average molecular weight is 254 g/mol. The third kappa shape index (κ3) is 3.18. The first-order valence-corrected chi connectivity index (χ1v) is 7.09. The monoisotopic (exact) mass is 254 g/mol. The van der Waals surface area contributed by atoms with Crippen molar-refractivity contribution in [1.29, 1.82) is 0 Å². The lowest BCUT2D eigenvalue weighted by Gasteiger charge is -2.34. The standard InChI is InChI=1S/C12H22N4S/c1-13-8-10-9-17-12(14-10)16(3)11-4-6-15(2)7-5-11/h9,11,13H,4-8H2,1-3H3. The van der Waals surface area contributed by atoms with Crippen molar-refractivity contribution in [1.82, 2.24) is 15.2 Å². The molecule has 0 amide bonds. The first kappa shape index (κ1) is 12.8. The predicted molar refractivity (Wildman–Crippen MR) is 73.8 cm³/mol. The summed E-state index contributed by atoms with van der Waals surface area (Å²) < 4.78 is 0. The van der Waals surface area contributed by atoms with E-state index in [1.165, 1.54) is 25.9 Å². The van der Waals surface area contributed by atoms with Crippen LogP contribution in [0.15, 0.2) is 5.38 Å². The molecular weight excluding hydrogens is 232 g/mol. The van der Waals surface area contributed by atoms with Crippen LogP contribution in [-0.4, -0.2) is 50.2 Å². The molecule has 0 radical (unpaired) electrons. The van der Waals surface area contributed by atoms with E-state index in [4.69, 9.17) is 0 Å². The molecule has 2 rings (SSSR count). The van der Waals surface area contributed by atoms with Crippen LogP contribution in [-0.2, 0) is 6.54 Å². The summed E-state index contributed by atoms with van der Waals surface area (Å²) in [5.41, 5.74) is 1.15. The molecule has 0 unspecified atom stereocenters. The Balaban J connectivity index is 1.96. The topological polar surface area (TPSA) is 31.4 Å². The zero-order valence-corrected chi connectivity index (χ0v) is 11.8. The SMILES string of the molecule is CNCc1csc(N(C)C2CCN(C)CC2)n1. The van der Waals surface area contributed by atoms with Gasteiger partial charge in [-0.15, -0.1) is 11.3 Å². The fraction of sp³-hybridized carbons (Fsp3) is 0.750. The van der Waals surface area contributed by atoms with E-state index in [2.05, 4.69) is 39.6 Å². The minimum Gasteiger partial charge on any atom is -0.348 e. The minimum atomic E-state index is 0.653. The summed E-state index contributed by atoms with van der Waals surface area (Å²) in [4.78, 5) is 9.42. The van der Waals surface area contributed by atoms with Crippen LogP contribution in [0.2, 0.25) is 0 Å². The molecule has 1 aliphatic rings. The molecule has 0 spiro atoms. The number of aromatic nitrogens is 1. The summed E-state index contributed by atoms with van der Waals surface area (Å²) in [6.45, 7) is 3.26. The Kier molecular flexibility index (Phi) is 4.36. The van der Waals surface area contributed by atoms with Gasteiger partial charge in [-0.2, -0.15) is 0 Å². The second-order valence-corrected chi connectivity index (χ2v) is 5.63. The molecule has 0 bridgehead atoms. The van der Waals surface area contributed by atoms with E-state index in [9.17, 15) is 0 Å². The van der Waals surface area contributed by atoms with E-state index in [0.29, 0.717) is 6.04 Å². The highest BCUT2D eigenvalue weighted by Crippen LogP contribution is 2.25. The Hall–Kier alpha value is -0.650. The lowest BCUT2D eigenvalue weighted by molar-refractivity contribution is 0.253. The van der Waals surface area contributed by atoms with Crippen LogP contribution in [0.4, 0.5) is 5.13 Å². The lowest BCUT2D eigenvalue weighted by Crippen LogP contribution is -2.41. The van der Waals surface area contributed by atoms with Gasteiger partial charge in [-0.25, -0.2) is 4.98 Å². The van der Waals surface area contributed by atoms with Crippen LogP contribution >= 0.6 is 11.3 Å². The third-order valence-electron chi connectivity index (χ3n) is 3.44. The van der Waals surface area contributed by atoms with E-state index in [1.807, 2.05) is 7.05 Å². The molecular formula is C12H22N4S. The fourth-order valence-corrected chi connectivity index (χ4v) is 3.12. The normalized spacial score (nSPS) is 18.5. The van der Waals surface area contributed by atoms with Crippen LogP contribution < -0.4 is 10.2 Å². The largest absolute Gasteiger partial charge is 0.348 e. The summed E-state index contributed by atoms with van der Waals surface area (Å²) in [5.74, 6) is 0. The molecule has 1 saturated heterocycles. The quantitative estimate of drug-likeness (QED) is 0.880. The molecule has 1 aromatic rings. The molecule has 0 aromatic carbocycles. The van der Waals surface area contributed by atoms with Gasteiger partial charge >= 0.3 is 0 Å². The molecule has 17 heavy (non-hydrogen) atoms. The Morgan fingerprint density at radius 3 is 2.88 bits per heavy atom. The van der Waals surface area contributed by atoms with Crippen molar-refractivity contribution in [3.8, 4) is 0 Å². The second kappa shape index (κ2) is 5.80. The summed E-state index contributed by atoms with van der Waals surface area (Å²) in [6.07, 6.45) is 2.49. The molecule has 2 heterocycles. The van der Waals surface area contributed by atoms with Gasteiger partial charge in [-0.1, -0.05) is 0 Å². The van der Waals surface area contributed by atoms with Crippen LogP contribution in [0.25, 0.3) is 0 Å². The minimum absolute atomic E-state index is 0.653.